The predicted molar refractivity (Wildman–Crippen MR) is 71.6 cm³/mol. The molecule has 0 aromatic rings. The van der Waals surface area contributed by atoms with Gasteiger partial charge in [-0.25, -0.2) is 0 Å². The molecule has 17 heavy (non-hydrogen) atoms. The Kier molecular flexibility index (Phi) is 2.40. The zero-order valence-electron chi connectivity index (χ0n) is 11.6. The predicted octanol–water partition coefficient (Wildman–Crippen LogP) is 4.74. The Morgan fingerprint density at radius 3 is 2.06 bits per heavy atom. The summed E-state index contributed by atoms with van der Waals surface area (Å²) in [7, 11) is 0. The fourth-order valence-corrected chi connectivity index (χ4v) is 6.61. The Labute approximate surface area is 107 Å². The lowest BCUT2D eigenvalue weighted by Crippen LogP contribution is -2.35. The zero-order valence-corrected chi connectivity index (χ0v) is 11.6. The molecule has 0 nitrogen and oxygen atoms in total. The van der Waals surface area contributed by atoms with Crippen molar-refractivity contribution in [3.8, 4) is 0 Å². The molecule has 4 saturated carbocycles. The normalized spacial score (nSPS) is 61.1. The summed E-state index contributed by atoms with van der Waals surface area (Å²) in [5, 5.41) is 0. The van der Waals surface area contributed by atoms with Crippen LogP contribution in [-0.2, 0) is 0 Å². The molecule has 0 aliphatic heterocycles. The van der Waals surface area contributed by atoms with Crippen molar-refractivity contribution in [3.05, 3.63) is 0 Å². The fraction of sp³-hybridized carbons (Fsp3) is 1.00. The summed E-state index contributed by atoms with van der Waals surface area (Å²) in [6.45, 7) is 5.15. The minimum absolute atomic E-state index is 1.05. The van der Waals surface area contributed by atoms with Gasteiger partial charge in [0.2, 0.25) is 0 Å². The van der Waals surface area contributed by atoms with E-state index in [9.17, 15) is 0 Å². The van der Waals surface area contributed by atoms with Gasteiger partial charge in [0.25, 0.3) is 0 Å². The molecule has 0 heterocycles. The van der Waals surface area contributed by atoms with Crippen LogP contribution in [0, 0.1) is 47.3 Å². The molecule has 8 atom stereocenters. The largest absolute Gasteiger partial charge is 0.0622 e. The van der Waals surface area contributed by atoms with Gasteiger partial charge < -0.3 is 0 Å². The van der Waals surface area contributed by atoms with E-state index >= 15 is 0 Å². The molecule has 0 aromatic heterocycles. The van der Waals surface area contributed by atoms with Gasteiger partial charge in [0.05, 0.1) is 0 Å². The summed E-state index contributed by atoms with van der Waals surface area (Å²) >= 11 is 0. The van der Waals surface area contributed by atoms with Crippen LogP contribution in [0.2, 0.25) is 0 Å². The van der Waals surface area contributed by atoms with E-state index in [1.807, 2.05) is 0 Å². The second-order valence-corrected chi connectivity index (χ2v) is 7.98. The first kappa shape index (κ1) is 10.9. The number of rotatable bonds is 1. The van der Waals surface area contributed by atoms with Crippen molar-refractivity contribution in [2.75, 3.05) is 0 Å². The Morgan fingerprint density at radius 2 is 1.29 bits per heavy atom. The Balaban J connectivity index is 1.58. The average Bonchev–Trinajstić information content (AvgIpc) is 2.99. The van der Waals surface area contributed by atoms with Gasteiger partial charge in [0, 0.05) is 0 Å². The van der Waals surface area contributed by atoms with E-state index in [2.05, 4.69) is 13.8 Å². The SMILES string of the molecule is CC1CC(C2C3CCC(C3)C2C)C2CCC1C2. The maximum Gasteiger partial charge on any atom is -0.0326 e. The quantitative estimate of drug-likeness (QED) is 0.612. The van der Waals surface area contributed by atoms with Crippen LogP contribution in [0.3, 0.4) is 0 Å². The molecular weight excluding hydrogens is 204 g/mol. The highest BCUT2D eigenvalue weighted by Gasteiger charge is 2.52. The molecule has 0 heteroatoms. The van der Waals surface area contributed by atoms with Gasteiger partial charge in [-0.05, 0) is 92.3 Å². The summed E-state index contributed by atoms with van der Waals surface area (Å²) in [6, 6.07) is 0. The maximum absolute atomic E-state index is 2.60. The van der Waals surface area contributed by atoms with Crippen LogP contribution in [0.15, 0.2) is 0 Å². The van der Waals surface area contributed by atoms with Gasteiger partial charge in [0.15, 0.2) is 0 Å². The van der Waals surface area contributed by atoms with Crippen LogP contribution in [0.4, 0.5) is 0 Å². The van der Waals surface area contributed by atoms with Gasteiger partial charge in [-0.2, -0.15) is 0 Å². The van der Waals surface area contributed by atoms with E-state index < -0.39 is 0 Å². The summed E-state index contributed by atoms with van der Waals surface area (Å²) in [5.41, 5.74) is 0. The highest BCUT2D eigenvalue weighted by atomic mass is 14.6. The second kappa shape index (κ2) is 3.75. The van der Waals surface area contributed by atoms with Gasteiger partial charge >= 0.3 is 0 Å². The van der Waals surface area contributed by atoms with Crippen LogP contribution in [0.5, 0.6) is 0 Å². The fourth-order valence-electron chi connectivity index (χ4n) is 6.61. The number of hydrogen-bond acceptors (Lipinski definition) is 0. The molecular formula is C17H28. The standard InChI is InChI=1S/C17H28/c1-10-7-16(14-5-3-12(10)8-14)17-11(2)13-4-6-15(17)9-13/h10-17H,3-9H2,1-2H3. The monoisotopic (exact) mass is 232 g/mol. The van der Waals surface area contributed by atoms with Crippen LogP contribution < -0.4 is 0 Å². The zero-order chi connectivity index (χ0) is 11.6. The van der Waals surface area contributed by atoms with E-state index in [0.717, 1.165) is 47.3 Å². The van der Waals surface area contributed by atoms with Crippen molar-refractivity contribution >= 4 is 0 Å². The van der Waals surface area contributed by atoms with Crippen molar-refractivity contribution in [1.29, 1.82) is 0 Å². The lowest BCUT2D eigenvalue weighted by atomic mass is 9.63. The molecule has 4 rings (SSSR count). The number of fused-ring (bicyclic) bond motifs is 4. The minimum atomic E-state index is 1.05. The van der Waals surface area contributed by atoms with Crippen LogP contribution >= 0.6 is 0 Å². The summed E-state index contributed by atoms with van der Waals surface area (Å²) in [4.78, 5) is 0. The Hall–Kier alpha value is 0. The molecule has 0 radical (unpaired) electrons. The third kappa shape index (κ3) is 1.48. The lowest BCUT2D eigenvalue weighted by molar-refractivity contribution is 0.0632. The molecule has 4 aliphatic carbocycles. The summed E-state index contributed by atoms with van der Waals surface area (Å²) < 4.78 is 0. The smallest absolute Gasteiger partial charge is 0.0326 e. The molecule has 0 aromatic carbocycles. The first-order valence-corrected chi connectivity index (χ1v) is 8.24. The average molecular weight is 232 g/mol. The summed E-state index contributed by atoms with van der Waals surface area (Å²) in [6.07, 6.45) is 11.1. The lowest BCUT2D eigenvalue weighted by Gasteiger charge is -2.43. The van der Waals surface area contributed by atoms with Crippen molar-refractivity contribution in [1.82, 2.24) is 0 Å². The Morgan fingerprint density at radius 1 is 0.647 bits per heavy atom. The van der Waals surface area contributed by atoms with Crippen molar-refractivity contribution < 1.29 is 0 Å². The molecule has 0 saturated heterocycles. The highest BCUT2D eigenvalue weighted by molar-refractivity contribution is 5.02. The Bertz CT molecular complexity index is 305. The molecule has 0 N–H and O–H groups in total. The minimum Gasteiger partial charge on any atom is -0.0622 e. The van der Waals surface area contributed by atoms with E-state index in [1.165, 1.54) is 0 Å². The van der Waals surface area contributed by atoms with Crippen LogP contribution in [0.25, 0.3) is 0 Å². The third-order valence-corrected chi connectivity index (χ3v) is 7.47. The van der Waals surface area contributed by atoms with Crippen molar-refractivity contribution in [2.24, 2.45) is 47.3 Å². The molecule has 96 valence electrons. The number of hydrogen-bond donors (Lipinski definition) is 0. The first-order chi connectivity index (χ1) is 8.24. The molecule has 0 spiro atoms. The molecule has 8 unspecified atom stereocenters. The van der Waals surface area contributed by atoms with Crippen molar-refractivity contribution in [3.63, 3.8) is 0 Å². The van der Waals surface area contributed by atoms with Gasteiger partial charge in [-0.3, -0.25) is 0 Å². The molecule has 4 bridgehead atoms. The molecule has 4 fully saturated rings. The van der Waals surface area contributed by atoms with Gasteiger partial charge in [-0.1, -0.05) is 13.8 Å². The van der Waals surface area contributed by atoms with Crippen LogP contribution in [-0.4, -0.2) is 0 Å². The molecule has 4 aliphatic rings. The van der Waals surface area contributed by atoms with Crippen LogP contribution in [0.1, 0.15) is 58.8 Å². The van der Waals surface area contributed by atoms with E-state index in [4.69, 9.17) is 0 Å². The second-order valence-electron chi connectivity index (χ2n) is 7.98. The summed E-state index contributed by atoms with van der Waals surface area (Å²) in [5.74, 6) is 8.92. The van der Waals surface area contributed by atoms with Gasteiger partial charge in [-0.15, -0.1) is 0 Å². The van der Waals surface area contributed by atoms with E-state index in [-0.39, 0.29) is 0 Å². The van der Waals surface area contributed by atoms with E-state index in [1.54, 1.807) is 44.9 Å². The highest BCUT2D eigenvalue weighted by Crippen LogP contribution is 2.61. The van der Waals surface area contributed by atoms with E-state index in [0.29, 0.717) is 0 Å². The first-order valence-electron chi connectivity index (χ1n) is 8.24. The van der Waals surface area contributed by atoms with Gasteiger partial charge in [0.1, 0.15) is 0 Å². The maximum atomic E-state index is 2.60. The third-order valence-electron chi connectivity index (χ3n) is 7.47. The molecule has 0 amide bonds. The van der Waals surface area contributed by atoms with Crippen molar-refractivity contribution in [2.45, 2.75) is 58.8 Å². The topological polar surface area (TPSA) is 0 Å².